The normalized spacial score (nSPS) is 29.1. The summed E-state index contributed by atoms with van der Waals surface area (Å²) >= 11 is 0. The van der Waals surface area contributed by atoms with Crippen molar-refractivity contribution in [3.63, 3.8) is 0 Å². The van der Waals surface area contributed by atoms with E-state index in [0.717, 1.165) is 39.0 Å². The van der Waals surface area contributed by atoms with Gasteiger partial charge in [0.1, 0.15) is 0 Å². The molecule has 1 atom stereocenters. The molecule has 1 aliphatic carbocycles. The van der Waals surface area contributed by atoms with Gasteiger partial charge in [0, 0.05) is 6.42 Å². The van der Waals surface area contributed by atoms with E-state index in [9.17, 15) is 0 Å². The van der Waals surface area contributed by atoms with Crippen molar-refractivity contribution in [1.82, 2.24) is 5.32 Å². The molecule has 3 nitrogen and oxygen atoms in total. The molecule has 1 unspecified atom stereocenters. The van der Waals surface area contributed by atoms with Crippen molar-refractivity contribution in [3.8, 4) is 0 Å². The van der Waals surface area contributed by atoms with Gasteiger partial charge in [-0.15, -0.1) is 0 Å². The molecule has 0 radical (unpaired) electrons. The summed E-state index contributed by atoms with van der Waals surface area (Å²) in [5, 5.41) is 3.28. The quantitative estimate of drug-likeness (QED) is 0.903. The van der Waals surface area contributed by atoms with E-state index >= 15 is 0 Å². The first-order chi connectivity index (χ1) is 9.33. The van der Waals surface area contributed by atoms with Crippen LogP contribution in [0.25, 0.3) is 0 Å². The number of hydrogen-bond donors (Lipinski definition) is 1. The van der Waals surface area contributed by atoms with Crippen LogP contribution in [0.15, 0.2) is 30.3 Å². The fourth-order valence-electron chi connectivity index (χ4n) is 3.85. The molecule has 1 saturated carbocycles. The zero-order valence-electron chi connectivity index (χ0n) is 11.7. The SMILES string of the molecule is CNCCC1(c2ccccc2)CCCC12OCCO2. The van der Waals surface area contributed by atoms with Gasteiger partial charge in [-0.3, -0.25) is 0 Å². The van der Waals surface area contributed by atoms with Crippen molar-refractivity contribution in [2.45, 2.75) is 36.9 Å². The van der Waals surface area contributed by atoms with E-state index in [1.165, 1.54) is 12.0 Å². The third-order valence-electron chi connectivity index (χ3n) is 4.72. The second kappa shape index (κ2) is 5.23. The maximum Gasteiger partial charge on any atom is 0.178 e. The van der Waals surface area contributed by atoms with Crippen LogP contribution in [-0.2, 0) is 14.9 Å². The van der Waals surface area contributed by atoms with E-state index < -0.39 is 0 Å². The smallest absolute Gasteiger partial charge is 0.178 e. The predicted molar refractivity (Wildman–Crippen MR) is 75.1 cm³/mol. The molecule has 19 heavy (non-hydrogen) atoms. The molecule has 1 heterocycles. The fraction of sp³-hybridized carbons (Fsp3) is 0.625. The summed E-state index contributed by atoms with van der Waals surface area (Å²) in [6.07, 6.45) is 4.41. The highest BCUT2D eigenvalue weighted by Crippen LogP contribution is 2.54. The molecule has 1 saturated heterocycles. The van der Waals surface area contributed by atoms with Crippen LogP contribution in [0.1, 0.15) is 31.2 Å². The van der Waals surface area contributed by atoms with Gasteiger partial charge in [0.15, 0.2) is 5.79 Å². The first kappa shape index (κ1) is 13.1. The van der Waals surface area contributed by atoms with Gasteiger partial charge in [-0.05, 0) is 38.4 Å². The molecular formula is C16H23NO2. The van der Waals surface area contributed by atoms with Gasteiger partial charge >= 0.3 is 0 Å². The molecule has 1 aromatic rings. The Morgan fingerprint density at radius 1 is 1.11 bits per heavy atom. The van der Waals surface area contributed by atoms with Crippen LogP contribution in [-0.4, -0.2) is 32.6 Å². The standard InChI is InChI=1S/C16H23NO2/c1-17-11-10-15(14-6-3-2-4-7-14)8-5-9-16(15)18-12-13-19-16/h2-4,6-7,17H,5,8-13H2,1H3. The summed E-state index contributed by atoms with van der Waals surface area (Å²) in [7, 11) is 2.01. The van der Waals surface area contributed by atoms with Crippen LogP contribution in [0.2, 0.25) is 0 Å². The Kier molecular flexibility index (Phi) is 3.61. The van der Waals surface area contributed by atoms with Crippen LogP contribution >= 0.6 is 0 Å². The molecule has 1 aliphatic heterocycles. The van der Waals surface area contributed by atoms with Crippen molar-refractivity contribution in [1.29, 1.82) is 0 Å². The van der Waals surface area contributed by atoms with E-state index in [0.29, 0.717) is 0 Å². The molecule has 2 fully saturated rings. The van der Waals surface area contributed by atoms with Crippen LogP contribution < -0.4 is 5.32 Å². The largest absolute Gasteiger partial charge is 0.347 e. The molecule has 2 aliphatic rings. The topological polar surface area (TPSA) is 30.5 Å². The average Bonchev–Trinajstić information content (AvgIpc) is 3.07. The summed E-state index contributed by atoms with van der Waals surface area (Å²) in [5.41, 5.74) is 1.37. The maximum absolute atomic E-state index is 6.12. The van der Waals surface area contributed by atoms with Crippen LogP contribution in [0.4, 0.5) is 0 Å². The van der Waals surface area contributed by atoms with Crippen molar-refractivity contribution >= 4 is 0 Å². The minimum Gasteiger partial charge on any atom is -0.347 e. The first-order valence-corrected chi connectivity index (χ1v) is 7.31. The van der Waals surface area contributed by atoms with Crippen LogP contribution in [0, 0.1) is 0 Å². The minimum atomic E-state index is -0.384. The molecule has 0 amide bonds. The Balaban J connectivity index is 2.01. The Morgan fingerprint density at radius 2 is 1.84 bits per heavy atom. The summed E-state index contributed by atoms with van der Waals surface area (Å²) in [6.45, 7) is 2.45. The van der Waals surface area contributed by atoms with Crippen LogP contribution in [0.5, 0.6) is 0 Å². The van der Waals surface area contributed by atoms with E-state index in [1.807, 2.05) is 7.05 Å². The van der Waals surface area contributed by atoms with Gasteiger partial charge < -0.3 is 14.8 Å². The monoisotopic (exact) mass is 261 g/mol. The Hall–Kier alpha value is -0.900. The predicted octanol–water partition coefficient (Wildman–Crippen LogP) is 2.46. The number of hydrogen-bond acceptors (Lipinski definition) is 3. The van der Waals surface area contributed by atoms with Gasteiger partial charge in [0.2, 0.25) is 0 Å². The van der Waals surface area contributed by atoms with Gasteiger partial charge in [-0.2, -0.15) is 0 Å². The van der Waals surface area contributed by atoms with Crippen molar-refractivity contribution < 1.29 is 9.47 Å². The number of benzene rings is 1. The molecule has 1 N–H and O–H groups in total. The Bertz CT molecular complexity index is 409. The van der Waals surface area contributed by atoms with Gasteiger partial charge in [0.25, 0.3) is 0 Å². The highest BCUT2D eigenvalue weighted by Gasteiger charge is 2.59. The molecule has 1 spiro atoms. The van der Waals surface area contributed by atoms with Gasteiger partial charge in [-0.25, -0.2) is 0 Å². The fourth-order valence-corrected chi connectivity index (χ4v) is 3.85. The highest BCUT2D eigenvalue weighted by molar-refractivity contribution is 5.31. The van der Waals surface area contributed by atoms with Gasteiger partial charge in [-0.1, -0.05) is 30.3 Å². The molecular weight excluding hydrogens is 238 g/mol. The summed E-state index contributed by atoms with van der Waals surface area (Å²) in [6, 6.07) is 10.8. The second-order valence-corrected chi connectivity index (χ2v) is 5.61. The molecule has 1 aromatic carbocycles. The molecule has 3 heteroatoms. The lowest BCUT2D eigenvalue weighted by Gasteiger charge is -2.42. The van der Waals surface area contributed by atoms with Crippen molar-refractivity contribution in [2.24, 2.45) is 0 Å². The van der Waals surface area contributed by atoms with Crippen LogP contribution in [0.3, 0.4) is 0 Å². The summed E-state index contributed by atoms with van der Waals surface area (Å²) in [5.74, 6) is -0.384. The zero-order chi connectivity index (χ0) is 13.2. The third-order valence-corrected chi connectivity index (χ3v) is 4.72. The molecule has 3 rings (SSSR count). The maximum atomic E-state index is 6.12. The Labute approximate surface area is 115 Å². The second-order valence-electron chi connectivity index (χ2n) is 5.61. The zero-order valence-corrected chi connectivity index (χ0v) is 11.7. The van der Waals surface area contributed by atoms with Crippen molar-refractivity contribution in [3.05, 3.63) is 35.9 Å². The lowest BCUT2D eigenvalue weighted by molar-refractivity contribution is -0.195. The lowest BCUT2D eigenvalue weighted by Crippen LogP contribution is -2.49. The van der Waals surface area contributed by atoms with E-state index in [1.54, 1.807) is 0 Å². The third kappa shape index (κ3) is 2.00. The summed E-state index contributed by atoms with van der Waals surface area (Å²) < 4.78 is 12.2. The average molecular weight is 261 g/mol. The van der Waals surface area contributed by atoms with Crippen molar-refractivity contribution in [2.75, 3.05) is 26.8 Å². The number of nitrogens with one attached hydrogen (secondary N) is 1. The lowest BCUT2D eigenvalue weighted by atomic mass is 9.72. The van der Waals surface area contributed by atoms with E-state index in [2.05, 4.69) is 35.6 Å². The van der Waals surface area contributed by atoms with E-state index in [-0.39, 0.29) is 11.2 Å². The van der Waals surface area contributed by atoms with Gasteiger partial charge in [0.05, 0.1) is 18.6 Å². The molecule has 104 valence electrons. The molecule has 0 aromatic heterocycles. The molecule has 0 bridgehead atoms. The Morgan fingerprint density at radius 3 is 2.53 bits per heavy atom. The highest BCUT2D eigenvalue weighted by atomic mass is 16.7. The number of rotatable bonds is 4. The summed E-state index contributed by atoms with van der Waals surface area (Å²) in [4.78, 5) is 0. The minimum absolute atomic E-state index is 0.00771. The van der Waals surface area contributed by atoms with E-state index in [4.69, 9.17) is 9.47 Å². The number of ether oxygens (including phenoxy) is 2. The first-order valence-electron chi connectivity index (χ1n) is 7.31.